The maximum Gasteiger partial charge on any atom is 0.255 e. The summed E-state index contributed by atoms with van der Waals surface area (Å²) in [5.41, 5.74) is 5.32. The molecule has 7 nitrogen and oxygen atoms in total. The van der Waals surface area contributed by atoms with Crippen molar-refractivity contribution in [3.05, 3.63) is 120 Å². The van der Waals surface area contributed by atoms with Crippen LogP contribution in [0.25, 0.3) is 26.7 Å². The summed E-state index contributed by atoms with van der Waals surface area (Å²) in [5, 5.41) is 2.24. The smallest absolute Gasteiger partial charge is 0.255 e. The van der Waals surface area contributed by atoms with Gasteiger partial charge in [0.25, 0.3) is 5.91 Å². The van der Waals surface area contributed by atoms with Crippen LogP contribution in [0.1, 0.15) is 21.6 Å². The molecule has 38 heavy (non-hydrogen) atoms. The molecule has 0 atom stereocenters. The summed E-state index contributed by atoms with van der Waals surface area (Å²) in [5.74, 6) is -0.0443. The molecule has 0 bridgehead atoms. The van der Waals surface area contributed by atoms with E-state index in [1.807, 2.05) is 61.2 Å². The normalized spacial score (nSPS) is 11.0. The Hall–Kier alpha value is -4.67. The van der Waals surface area contributed by atoms with Gasteiger partial charge in [-0.2, -0.15) is 0 Å². The number of ether oxygens (including phenoxy) is 1. The standard InChI is InChI=1S/C31H29N5O2/c1-32-25-13-11-23(12-14-25)18-36-22-33-17-26(36)19-35-20-29(30(21-35)31(37)34(2)15-16-38-3)28-10-6-8-24-7-4-5-9-27(24)28/h4-14,17,20-22H,15-16,18-19H2,2-3H3. The molecule has 3 aromatic carbocycles. The van der Waals surface area contributed by atoms with Crippen LogP contribution in [-0.4, -0.2) is 52.2 Å². The highest BCUT2D eigenvalue weighted by Crippen LogP contribution is 2.32. The molecular weight excluding hydrogens is 474 g/mol. The predicted molar refractivity (Wildman–Crippen MR) is 149 cm³/mol. The summed E-state index contributed by atoms with van der Waals surface area (Å²) >= 11 is 0. The third-order valence-electron chi connectivity index (χ3n) is 6.73. The van der Waals surface area contributed by atoms with Crippen molar-refractivity contribution in [2.45, 2.75) is 13.1 Å². The molecule has 2 aromatic heterocycles. The first-order valence-electron chi connectivity index (χ1n) is 12.4. The minimum atomic E-state index is -0.0443. The average Bonchev–Trinajstić information content (AvgIpc) is 3.58. The molecule has 0 saturated carbocycles. The second-order valence-electron chi connectivity index (χ2n) is 9.30. The number of fused-ring (bicyclic) bond motifs is 1. The summed E-state index contributed by atoms with van der Waals surface area (Å²) < 4.78 is 9.35. The van der Waals surface area contributed by atoms with Crippen molar-refractivity contribution in [2.75, 3.05) is 27.3 Å². The molecule has 0 fully saturated rings. The monoisotopic (exact) mass is 503 g/mol. The SMILES string of the molecule is [C-]#[N+]c1ccc(Cn2cncc2Cn2cc(C(=O)N(C)CCOC)c(-c3cccc4ccccc34)c2)cc1. The molecule has 0 aliphatic carbocycles. The van der Waals surface area contributed by atoms with Crippen molar-refractivity contribution in [1.29, 1.82) is 0 Å². The molecule has 0 radical (unpaired) electrons. The number of hydrogen-bond donors (Lipinski definition) is 0. The van der Waals surface area contributed by atoms with Gasteiger partial charge in [0.1, 0.15) is 0 Å². The Morgan fingerprint density at radius 1 is 1.00 bits per heavy atom. The first kappa shape index (κ1) is 25.0. The van der Waals surface area contributed by atoms with E-state index < -0.39 is 0 Å². The highest BCUT2D eigenvalue weighted by atomic mass is 16.5. The van der Waals surface area contributed by atoms with E-state index in [4.69, 9.17) is 11.3 Å². The van der Waals surface area contributed by atoms with Gasteiger partial charge in [-0.3, -0.25) is 4.79 Å². The number of likely N-dealkylation sites (N-methyl/N-ethyl adjacent to an activating group) is 1. The summed E-state index contributed by atoms with van der Waals surface area (Å²) in [7, 11) is 3.44. The summed E-state index contributed by atoms with van der Waals surface area (Å²) in [4.78, 5) is 23.1. The van der Waals surface area contributed by atoms with E-state index in [1.54, 1.807) is 19.1 Å². The molecule has 5 aromatic rings. The molecule has 7 heteroatoms. The minimum absolute atomic E-state index is 0.0443. The zero-order chi connectivity index (χ0) is 26.5. The maximum absolute atomic E-state index is 13.6. The molecule has 0 unspecified atom stereocenters. The van der Waals surface area contributed by atoms with Crippen molar-refractivity contribution in [3.63, 3.8) is 0 Å². The van der Waals surface area contributed by atoms with Crippen LogP contribution in [0.2, 0.25) is 0 Å². The van der Waals surface area contributed by atoms with Crippen molar-refractivity contribution >= 4 is 22.4 Å². The lowest BCUT2D eigenvalue weighted by atomic mass is 9.97. The van der Waals surface area contributed by atoms with Crippen LogP contribution in [0.5, 0.6) is 0 Å². The number of benzene rings is 3. The van der Waals surface area contributed by atoms with Crippen LogP contribution in [0, 0.1) is 6.57 Å². The van der Waals surface area contributed by atoms with Crippen LogP contribution >= 0.6 is 0 Å². The molecule has 0 aliphatic rings. The highest BCUT2D eigenvalue weighted by molar-refractivity contribution is 6.05. The van der Waals surface area contributed by atoms with Gasteiger partial charge >= 0.3 is 0 Å². The van der Waals surface area contributed by atoms with Crippen LogP contribution in [-0.2, 0) is 17.8 Å². The zero-order valence-corrected chi connectivity index (χ0v) is 21.5. The van der Waals surface area contributed by atoms with Gasteiger partial charge in [-0.25, -0.2) is 9.83 Å². The Bertz CT molecular complexity index is 1600. The largest absolute Gasteiger partial charge is 0.383 e. The van der Waals surface area contributed by atoms with E-state index in [1.165, 1.54) is 0 Å². The molecule has 190 valence electrons. The van der Waals surface area contributed by atoms with Gasteiger partial charge in [0, 0.05) is 51.4 Å². The molecule has 5 rings (SSSR count). The number of hydrogen-bond acceptors (Lipinski definition) is 3. The number of rotatable bonds is 9. The zero-order valence-electron chi connectivity index (χ0n) is 21.5. The van der Waals surface area contributed by atoms with Gasteiger partial charge in [-0.05, 0) is 21.9 Å². The Morgan fingerprint density at radius 3 is 2.58 bits per heavy atom. The van der Waals surface area contributed by atoms with Crippen LogP contribution in [0.4, 0.5) is 5.69 Å². The van der Waals surface area contributed by atoms with Gasteiger partial charge in [0.05, 0.1) is 37.3 Å². The molecule has 0 N–H and O–H groups in total. The number of aromatic nitrogens is 3. The number of imidazole rings is 1. The first-order valence-corrected chi connectivity index (χ1v) is 12.4. The summed E-state index contributed by atoms with van der Waals surface area (Å²) in [6.07, 6.45) is 7.67. The highest BCUT2D eigenvalue weighted by Gasteiger charge is 2.21. The third-order valence-corrected chi connectivity index (χ3v) is 6.73. The number of amides is 1. The van der Waals surface area contributed by atoms with E-state index in [-0.39, 0.29) is 5.91 Å². The maximum atomic E-state index is 13.6. The van der Waals surface area contributed by atoms with Gasteiger partial charge in [-0.1, -0.05) is 66.7 Å². The van der Waals surface area contributed by atoms with E-state index in [9.17, 15) is 4.79 Å². The number of carbonyl (C=O) groups excluding carboxylic acids is 1. The number of carbonyl (C=O) groups is 1. The van der Waals surface area contributed by atoms with Gasteiger partial charge in [0.15, 0.2) is 5.69 Å². The summed E-state index contributed by atoms with van der Waals surface area (Å²) in [6, 6.07) is 22.0. The Balaban J connectivity index is 1.50. The first-order chi connectivity index (χ1) is 18.6. The van der Waals surface area contributed by atoms with Gasteiger partial charge in [0.2, 0.25) is 0 Å². The topological polar surface area (TPSA) is 56.7 Å². The second-order valence-corrected chi connectivity index (χ2v) is 9.30. The van der Waals surface area contributed by atoms with Crippen molar-refractivity contribution in [3.8, 4) is 11.1 Å². The lowest BCUT2D eigenvalue weighted by Gasteiger charge is -2.17. The molecule has 1 amide bonds. The van der Waals surface area contributed by atoms with Crippen LogP contribution < -0.4 is 0 Å². The van der Waals surface area contributed by atoms with Crippen LogP contribution in [0.15, 0.2) is 91.6 Å². The molecule has 0 saturated heterocycles. The number of nitrogens with zero attached hydrogens (tertiary/aromatic N) is 5. The third kappa shape index (κ3) is 5.22. The van der Waals surface area contributed by atoms with E-state index in [0.29, 0.717) is 37.5 Å². The molecular formula is C31H29N5O2. The van der Waals surface area contributed by atoms with Gasteiger partial charge in [-0.15, -0.1) is 0 Å². The fourth-order valence-corrected chi connectivity index (χ4v) is 4.66. The summed E-state index contributed by atoms with van der Waals surface area (Å²) in [6.45, 7) is 9.35. The van der Waals surface area contributed by atoms with E-state index in [0.717, 1.165) is 33.2 Å². The Morgan fingerprint density at radius 2 is 1.79 bits per heavy atom. The predicted octanol–water partition coefficient (Wildman–Crippen LogP) is 5.87. The molecule has 0 aliphatic heterocycles. The Kier molecular flexibility index (Phi) is 7.34. The van der Waals surface area contributed by atoms with Gasteiger partial charge < -0.3 is 18.8 Å². The lowest BCUT2D eigenvalue weighted by Crippen LogP contribution is -2.30. The molecule has 0 spiro atoms. The lowest BCUT2D eigenvalue weighted by molar-refractivity contribution is 0.0745. The molecule has 2 heterocycles. The van der Waals surface area contributed by atoms with Crippen molar-refractivity contribution in [1.82, 2.24) is 19.0 Å². The van der Waals surface area contributed by atoms with E-state index in [2.05, 4.69) is 49.4 Å². The fourth-order valence-electron chi connectivity index (χ4n) is 4.66. The minimum Gasteiger partial charge on any atom is -0.383 e. The number of methoxy groups -OCH3 is 1. The Labute approximate surface area is 222 Å². The van der Waals surface area contributed by atoms with E-state index >= 15 is 0 Å². The second kappa shape index (κ2) is 11.2. The van der Waals surface area contributed by atoms with Crippen molar-refractivity contribution in [2.24, 2.45) is 0 Å². The van der Waals surface area contributed by atoms with Crippen LogP contribution in [0.3, 0.4) is 0 Å². The quantitative estimate of drug-likeness (QED) is 0.236. The average molecular weight is 504 g/mol. The fraction of sp³-hybridized carbons (Fsp3) is 0.194. The van der Waals surface area contributed by atoms with Crippen molar-refractivity contribution < 1.29 is 9.53 Å².